The molecule has 0 aromatic heterocycles. The molecular formula is C22H23N3O5S. The van der Waals surface area contributed by atoms with Crippen LogP contribution >= 0.6 is 0 Å². The lowest BCUT2D eigenvalue weighted by Crippen LogP contribution is -2.41. The van der Waals surface area contributed by atoms with E-state index in [-0.39, 0.29) is 10.5 Å². The highest BCUT2D eigenvalue weighted by Crippen LogP contribution is 2.29. The predicted octanol–water partition coefficient (Wildman–Crippen LogP) is 2.12. The van der Waals surface area contributed by atoms with Crippen LogP contribution < -0.4 is 5.32 Å². The zero-order chi connectivity index (χ0) is 22.2. The van der Waals surface area contributed by atoms with Gasteiger partial charge in [0.15, 0.2) is 5.78 Å². The van der Waals surface area contributed by atoms with Gasteiger partial charge >= 0.3 is 6.03 Å². The molecule has 1 N–H and O–H groups in total. The number of amides is 3. The molecule has 2 aromatic rings. The van der Waals surface area contributed by atoms with Gasteiger partial charge in [-0.25, -0.2) is 13.2 Å². The number of carbonyl (C=O) groups excluding carboxylic acids is 3. The standard InChI is InChI=1S/C22H23N3O5S/c1-22(17-7-3-2-4-8-17)20(27)25(21(28)23-22)15-19(26)16-9-11-18(12-10-16)31(29,30)24-13-5-6-14-24/h2-4,7-12H,5-6,13-15H2,1H3,(H,23,28). The summed E-state index contributed by atoms with van der Waals surface area (Å²) >= 11 is 0. The molecule has 2 heterocycles. The normalized spacial score (nSPS) is 22.0. The molecule has 2 saturated heterocycles. The summed E-state index contributed by atoms with van der Waals surface area (Å²) in [5.41, 5.74) is -0.388. The maximum absolute atomic E-state index is 12.9. The van der Waals surface area contributed by atoms with Crippen LogP contribution in [-0.2, 0) is 20.4 Å². The number of nitrogens with zero attached hydrogens (tertiary/aromatic N) is 2. The summed E-state index contributed by atoms with van der Waals surface area (Å²) < 4.78 is 26.7. The van der Waals surface area contributed by atoms with E-state index in [1.807, 2.05) is 6.07 Å². The highest BCUT2D eigenvalue weighted by Gasteiger charge is 2.49. The first-order chi connectivity index (χ1) is 14.7. The van der Waals surface area contributed by atoms with E-state index in [0.29, 0.717) is 18.7 Å². The maximum atomic E-state index is 12.9. The van der Waals surface area contributed by atoms with Gasteiger partial charge < -0.3 is 5.32 Å². The van der Waals surface area contributed by atoms with Crippen molar-refractivity contribution in [2.75, 3.05) is 19.6 Å². The lowest BCUT2D eigenvalue weighted by molar-refractivity contribution is -0.130. The van der Waals surface area contributed by atoms with Crippen molar-refractivity contribution in [2.45, 2.75) is 30.2 Å². The largest absolute Gasteiger partial charge is 0.325 e. The predicted molar refractivity (Wildman–Crippen MR) is 113 cm³/mol. The first-order valence-corrected chi connectivity index (χ1v) is 11.5. The van der Waals surface area contributed by atoms with Crippen molar-refractivity contribution < 1.29 is 22.8 Å². The number of urea groups is 1. The molecule has 31 heavy (non-hydrogen) atoms. The Morgan fingerprint density at radius 2 is 1.61 bits per heavy atom. The summed E-state index contributed by atoms with van der Waals surface area (Å²) in [6.07, 6.45) is 1.67. The van der Waals surface area contributed by atoms with Gasteiger partial charge in [-0.3, -0.25) is 14.5 Å². The molecule has 3 amide bonds. The minimum atomic E-state index is -3.57. The van der Waals surface area contributed by atoms with E-state index in [2.05, 4.69) is 5.32 Å². The summed E-state index contributed by atoms with van der Waals surface area (Å²) in [4.78, 5) is 39.1. The van der Waals surface area contributed by atoms with E-state index in [9.17, 15) is 22.8 Å². The van der Waals surface area contributed by atoms with Crippen molar-refractivity contribution in [2.24, 2.45) is 0 Å². The van der Waals surface area contributed by atoms with Crippen molar-refractivity contribution in [1.82, 2.24) is 14.5 Å². The van der Waals surface area contributed by atoms with Crippen LogP contribution in [-0.4, -0.2) is 55.0 Å². The van der Waals surface area contributed by atoms with Crippen molar-refractivity contribution in [3.63, 3.8) is 0 Å². The molecule has 0 saturated carbocycles. The molecule has 2 aliphatic rings. The SMILES string of the molecule is CC1(c2ccccc2)NC(=O)N(CC(=O)c2ccc(S(=O)(=O)N3CCCC3)cc2)C1=O. The molecule has 2 aliphatic heterocycles. The number of hydrogen-bond acceptors (Lipinski definition) is 5. The van der Waals surface area contributed by atoms with Gasteiger partial charge in [-0.05, 0) is 49.6 Å². The summed E-state index contributed by atoms with van der Waals surface area (Å²) in [7, 11) is -3.57. The Labute approximate surface area is 180 Å². The smallest absolute Gasteiger partial charge is 0.319 e. The van der Waals surface area contributed by atoms with Crippen molar-refractivity contribution in [3.8, 4) is 0 Å². The molecule has 1 unspecified atom stereocenters. The molecule has 4 rings (SSSR count). The van der Waals surface area contributed by atoms with E-state index >= 15 is 0 Å². The Hall–Kier alpha value is -3.04. The first-order valence-electron chi connectivity index (χ1n) is 10.1. The number of nitrogens with one attached hydrogen (secondary N) is 1. The van der Waals surface area contributed by atoms with Gasteiger partial charge in [0.05, 0.1) is 11.4 Å². The summed E-state index contributed by atoms with van der Waals surface area (Å²) in [6, 6.07) is 13.8. The van der Waals surface area contributed by atoms with Gasteiger partial charge in [0.2, 0.25) is 10.0 Å². The second kappa shape index (κ2) is 7.90. The molecule has 0 radical (unpaired) electrons. The quantitative estimate of drug-likeness (QED) is 0.546. The number of sulfonamides is 1. The average molecular weight is 442 g/mol. The molecule has 9 heteroatoms. The third-order valence-electron chi connectivity index (χ3n) is 5.81. The maximum Gasteiger partial charge on any atom is 0.325 e. The molecule has 2 fully saturated rings. The molecule has 1 atom stereocenters. The van der Waals surface area contributed by atoms with Gasteiger partial charge in [-0.1, -0.05) is 30.3 Å². The van der Waals surface area contributed by atoms with Crippen LogP contribution in [0.2, 0.25) is 0 Å². The molecule has 0 spiro atoms. The number of benzene rings is 2. The van der Waals surface area contributed by atoms with Gasteiger partial charge in [0.1, 0.15) is 5.54 Å². The Kier molecular flexibility index (Phi) is 5.40. The van der Waals surface area contributed by atoms with E-state index in [4.69, 9.17) is 0 Å². The van der Waals surface area contributed by atoms with Gasteiger partial charge in [-0.2, -0.15) is 4.31 Å². The highest BCUT2D eigenvalue weighted by molar-refractivity contribution is 7.89. The molecule has 0 aliphatic carbocycles. The number of ketones is 1. The van der Waals surface area contributed by atoms with Crippen LogP contribution in [0, 0.1) is 0 Å². The van der Waals surface area contributed by atoms with Crippen LogP contribution in [0.25, 0.3) is 0 Å². The van der Waals surface area contributed by atoms with E-state index in [1.54, 1.807) is 31.2 Å². The third kappa shape index (κ3) is 3.75. The lowest BCUT2D eigenvalue weighted by Gasteiger charge is -2.22. The number of rotatable bonds is 6. The van der Waals surface area contributed by atoms with Crippen LogP contribution in [0.1, 0.15) is 35.7 Å². The number of Topliss-reactive ketones (excluding diaryl/α,β-unsaturated/α-hetero) is 1. The van der Waals surface area contributed by atoms with Gasteiger partial charge in [0.25, 0.3) is 5.91 Å². The zero-order valence-corrected chi connectivity index (χ0v) is 17.9. The number of imide groups is 1. The fraction of sp³-hybridized carbons (Fsp3) is 0.318. The highest BCUT2D eigenvalue weighted by atomic mass is 32.2. The van der Waals surface area contributed by atoms with Crippen LogP contribution in [0.15, 0.2) is 59.5 Å². The minimum Gasteiger partial charge on any atom is -0.319 e. The van der Waals surface area contributed by atoms with Crippen LogP contribution in [0.4, 0.5) is 4.79 Å². The number of hydrogen-bond donors (Lipinski definition) is 1. The topological polar surface area (TPSA) is 104 Å². The fourth-order valence-electron chi connectivity index (χ4n) is 3.93. The Balaban J connectivity index is 1.49. The monoisotopic (exact) mass is 441 g/mol. The van der Waals surface area contributed by atoms with Gasteiger partial charge in [0, 0.05) is 18.7 Å². The molecule has 2 aromatic carbocycles. The first kappa shape index (κ1) is 21.2. The molecule has 0 bridgehead atoms. The summed E-state index contributed by atoms with van der Waals surface area (Å²) in [5, 5.41) is 2.66. The van der Waals surface area contributed by atoms with E-state index in [0.717, 1.165) is 17.7 Å². The summed E-state index contributed by atoms with van der Waals surface area (Å²) in [6.45, 7) is 2.17. The summed E-state index contributed by atoms with van der Waals surface area (Å²) in [5.74, 6) is -0.962. The third-order valence-corrected chi connectivity index (χ3v) is 7.72. The Morgan fingerprint density at radius 1 is 1.00 bits per heavy atom. The second-order valence-corrected chi connectivity index (χ2v) is 9.81. The molecule has 162 valence electrons. The fourth-order valence-corrected chi connectivity index (χ4v) is 5.45. The van der Waals surface area contributed by atoms with Crippen molar-refractivity contribution in [3.05, 3.63) is 65.7 Å². The Morgan fingerprint density at radius 3 is 2.23 bits per heavy atom. The minimum absolute atomic E-state index is 0.123. The average Bonchev–Trinajstić information content (AvgIpc) is 3.39. The second-order valence-electron chi connectivity index (χ2n) is 7.87. The molecular weight excluding hydrogens is 418 g/mol. The number of carbonyl (C=O) groups is 3. The van der Waals surface area contributed by atoms with Crippen LogP contribution in [0.3, 0.4) is 0 Å². The van der Waals surface area contributed by atoms with Crippen molar-refractivity contribution in [1.29, 1.82) is 0 Å². The van der Waals surface area contributed by atoms with Crippen molar-refractivity contribution >= 4 is 27.7 Å². The Bertz CT molecular complexity index is 1130. The van der Waals surface area contributed by atoms with E-state index in [1.165, 1.54) is 28.6 Å². The zero-order valence-electron chi connectivity index (χ0n) is 17.1. The van der Waals surface area contributed by atoms with E-state index < -0.39 is 39.8 Å². The molecule has 8 nitrogen and oxygen atoms in total. The van der Waals surface area contributed by atoms with Crippen LogP contribution in [0.5, 0.6) is 0 Å². The lowest BCUT2D eigenvalue weighted by atomic mass is 9.92. The van der Waals surface area contributed by atoms with Gasteiger partial charge in [-0.15, -0.1) is 0 Å².